The second-order valence-corrected chi connectivity index (χ2v) is 10.3. The van der Waals surface area contributed by atoms with Gasteiger partial charge in [-0.3, -0.25) is 9.59 Å². The van der Waals surface area contributed by atoms with Crippen LogP contribution in [0.2, 0.25) is 0 Å². The van der Waals surface area contributed by atoms with E-state index in [0.717, 1.165) is 36.6 Å². The van der Waals surface area contributed by atoms with Crippen molar-refractivity contribution in [3.63, 3.8) is 0 Å². The van der Waals surface area contributed by atoms with Gasteiger partial charge in [0.15, 0.2) is 0 Å². The molecule has 1 aromatic heterocycles. The molecule has 2 aromatic carbocycles. The maximum Gasteiger partial charge on any atom is 0.271 e. The van der Waals surface area contributed by atoms with Gasteiger partial charge in [-0.1, -0.05) is 81.1 Å². The maximum absolute atomic E-state index is 13.9. The number of para-hydroxylation sites is 1. The summed E-state index contributed by atoms with van der Waals surface area (Å²) in [6.07, 6.45) is 6.83. The van der Waals surface area contributed by atoms with Crippen molar-refractivity contribution in [3.8, 4) is 0 Å². The molecule has 178 valence electrons. The third-order valence-electron chi connectivity index (χ3n) is 7.84. The van der Waals surface area contributed by atoms with Crippen molar-refractivity contribution in [2.24, 2.45) is 0 Å². The topological polar surface area (TPSA) is 54.3 Å². The van der Waals surface area contributed by atoms with E-state index < -0.39 is 5.54 Å². The molecule has 0 spiro atoms. The zero-order valence-corrected chi connectivity index (χ0v) is 20.3. The zero-order chi connectivity index (χ0) is 23.7. The van der Waals surface area contributed by atoms with E-state index in [-0.39, 0.29) is 23.8 Å². The minimum Gasteiger partial charge on any atom is -0.351 e. The monoisotopic (exact) mass is 457 g/mol. The Bertz CT molecular complexity index is 1180. The van der Waals surface area contributed by atoms with Gasteiger partial charge in [-0.2, -0.15) is 0 Å². The van der Waals surface area contributed by atoms with Gasteiger partial charge in [-0.15, -0.1) is 0 Å². The molecular formula is C29H35N3O2. The maximum atomic E-state index is 13.9. The summed E-state index contributed by atoms with van der Waals surface area (Å²) in [7, 11) is 0. The lowest BCUT2D eigenvalue weighted by Crippen LogP contribution is -2.65. The van der Waals surface area contributed by atoms with Gasteiger partial charge in [0.25, 0.3) is 5.91 Å². The largest absolute Gasteiger partial charge is 0.351 e. The molecule has 2 aliphatic rings. The Labute approximate surface area is 202 Å². The fourth-order valence-electron chi connectivity index (χ4n) is 5.72. The lowest BCUT2D eigenvalue weighted by Gasteiger charge is -2.45. The molecule has 1 aliphatic heterocycles. The molecule has 2 atom stereocenters. The van der Waals surface area contributed by atoms with Crippen LogP contribution in [-0.2, 0) is 11.3 Å². The number of hydrogen-bond acceptors (Lipinski definition) is 2. The van der Waals surface area contributed by atoms with Crippen LogP contribution in [0.5, 0.6) is 0 Å². The Morgan fingerprint density at radius 3 is 2.44 bits per heavy atom. The average Bonchev–Trinajstić information content (AvgIpc) is 3.02. The summed E-state index contributed by atoms with van der Waals surface area (Å²) in [5, 5.41) is 4.39. The quantitative estimate of drug-likeness (QED) is 0.515. The molecule has 2 amide bonds. The van der Waals surface area contributed by atoms with Crippen LogP contribution >= 0.6 is 0 Å². The van der Waals surface area contributed by atoms with Gasteiger partial charge in [-0.05, 0) is 43.4 Å². The van der Waals surface area contributed by atoms with Gasteiger partial charge < -0.3 is 14.8 Å². The van der Waals surface area contributed by atoms with Crippen molar-refractivity contribution in [1.82, 2.24) is 14.8 Å². The van der Waals surface area contributed by atoms with Gasteiger partial charge in [0.2, 0.25) is 5.91 Å². The lowest BCUT2D eigenvalue weighted by molar-refractivity contribution is -0.133. The molecule has 1 aliphatic carbocycles. The average molecular weight is 458 g/mol. The molecule has 34 heavy (non-hydrogen) atoms. The van der Waals surface area contributed by atoms with Crippen LogP contribution in [0.15, 0.2) is 60.7 Å². The first-order valence-electron chi connectivity index (χ1n) is 12.7. The first kappa shape index (κ1) is 22.7. The lowest BCUT2D eigenvalue weighted by atomic mass is 9.91. The molecule has 5 heteroatoms. The van der Waals surface area contributed by atoms with E-state index in [1.165, 1.54) is 18.4 Å². The molecule has 2 unspecified atom stereocenters. The van der Waals surface area contributed by atoms with Crippen molar-refractivity contribution in [1.29, 1.82) is 0 Å². The van der Waals surface area contributed by atoms with Crippen LogP contribution in [0, 0.1) is 0 Å². The number of carbonyl (C=O) groups excluding carboxylic acids is 2. The summed E-state index contributed by atoms with van der Waals surface area (Å²) in [6, 6.07) is 20.5. The Morgan fingerprint density at radius 2 is 1.71 bits per heavy atom. The first-order chi connectivity index (χ1) is 16.5. The second kappa shape index (κ2) is 9.28. The van der Waals surface area contributed by atoms with E-state index >= 15 is 0 Å². The minimum absolute atomic E-state index is 0.0311. The molecule has 2 heterocycles. The van der Waals surface area contributed by atoms with Crippen molar-refractivity contribution < 1.29 is 9.59 Å². The molecule has 1 fully saturated rings. The van der Waals surface area contributed by atoms with Gasteiger partial charge in [0.05, 0.1) is 6.54 Å². The van der Waals surface area contributed by atoms with Crippen molar-refractivity contribution in [3.05, 3.63) is 71.9 Å². The number of nitrogens with zero attached hydrogens (tertiary/aromatic N) is 2. The Balaban J connectivity index is 1.51. The molecule has 5 nitrogen and oxygen atoms in total. The Hall–Kier alpha value is -3.08. The molecular weight excluding hydrogens is 422 g/mol. The highest BCUT2D eigenvalue weighted by Gasteiger charge is 2.48. The van der Waals surface area contributed by atoms with Crippen molar-refractivity contribution in [2.75, 3.05) is 6.54 Å². The van der Waals surface area contributed by atoms with Crippen LogP contribution in [0.3, 0.4) is 0 Å². The highest BCUT2D eigenvalue weighted by Crippen LogP contribution is 2.34. The Kier molecular flexibility index (Phi) is 6.20. The number of nitrogens with one attached hydrogen (secondary N) is 1. The van der Waals surface area contributed by atoms with Crippen LogP contribution in [0.25, 0.3) is 10.9 Å². The summed E-state index contributed by atoms with van der Waals surface area (Å²) in [5.74, 6) is 0.0197. The predicted octanol–water partition coefficient (Wildman–Crippen LogP) is 5.50. The van der Waals surface area contributed by atoms with Crippen LogP contribution in [0.4, 0.5) is 0 Å². The van der Waals surface area contributed by atoms with Crippen LogP contribution in [0.1, 0.15) is 74.3 Å². The molecule has 0 saturated heterocycles. The number of carbonyl (C=O) groups is 2. The first-order valence-corrected chi connectivity index (χ1v) is 12.7. The number of rotatable bonds is 5. The summed E-state index contributed by atoms with van der Waals surface area (Å²) < 4.78 is 2.05. The van der Waals surface area contributed by atoms with E-state index in [2.05, 4.69) is 24.4 Å². The second-order valence-electron chi connectivity index (χ2n) is 10.3. The number of hydrogen-bond donors (Lipinski definition) is 1. The minimum atomic E-state index is -0.957. The highest BCUT2D eigenvalue weighted by molar-refractivity contribution is 6.03. The highest BCUT2D eigenvalue weighted by atomic mass is 16.2. The normalized spacial score (nSPS) is 22.3. The van der Waals surface area contributed by atoms with Gasteiger partial charge >= 0.3 is 0 Å². The number of aromatic nitrogens is 1. The van der Waals surface area contributed by atoms with E-state index in [1.807, 2.05) is 64.9 Å². The van der Waals surface area contributed by atoms with Gasteiger partial charge in [0, 0.05) is 23.5 Å². The predicted molar refractivity (Wildman–Crippen MR) is 136 cm³/mol. The fourth-order valence-corrected chi connectivity index (χ4v) is 5.72. The summed E-state index contributed by atoms with van der Waals surface area (Å²) in [5.41, 5.74) is 1.89. The third kappa shape index (κ3) is 4.13. The fraction of sp³-hybridized carbons (Fsp3) is 0.448. The van der Waals surface area contributed by atoms with Gasteiger partial charge in [0.1, 0.15) is 11.2 Å². The van der Waals surface area contributed by atoms with E-state index in [1.54, 1.807) is 0 Å². The van der Waals surface area contributed by atoms with Crippen molar-refractivity contribution in [2.45, 2.75) is 76.4 Å². The molecule has 0 radical (unpaired) electrons. The Morgan fingerprint density at radius 1 is 1.03 bits per heavy atom. The number of fused-ring (bicyclic) bond motifs is 3. The van der Waals surface area contributed by atoms with E-state index in [4.69, 9.17) is 0 Å². The standard InChI is InChI=1S/C29H35N3O2/c1-21(22-12-6-5-7-13-22)19-32-27(33)26-18-23-14-10-11-17-25(23)31(26)20-29(32,2)28(34)30-24-15-8-3-4-9-16-24/h5-7,10-14,17-18,21,24H,3-4,8-9,15-16,19-20H2,1-2H3,(H,30,34). The van der Waals surface area contributed by atoms with Crippen LogP contribution in [-0.4, -0.2) is 39.4 Å². The van der Waals surface area contributed by atoms with E-state index in [0.29, 0.717) is 18.8 Å². The third-order valence-corrected chi connectivity index (χ3v) is 7.84. The summed E-state index contributed by atoms with van der Waals surface area (Å²) >= 11 is 0. The van der Waals surface area contributed by atoms with Crippen molar-refractivity contribution >= 4 is 22.7 Å². The summed E-state index contributed by atoms with van der Waals surface area (Å²) in [6.45, 7) is 5.05. The van der Waals surface area contributed by atoms with E-state index in [9.17, 15) is 9.59 Å². The molecule has 1 saturated carbocycles. The molecule has 0 bridgehead atoms. The van der Waals surface area contributed by atoms with Gasteiger partial charge in [-0.25, -0.2) is 0 Å². The molecule has 5 rings (SSSR count). The van der Waals surface area contributed by atoms with Crippen LogP contribution < -0.4 is 5.32 Å². The number of benzene rings is 2. The SMILES string of the molecule is CC(CN1C(=O)c2cc3ccccc3n2CC1(C)C(=O)NC1CCCCCC1)c1ccccc1. The molecule has 1 N–H and O–H groups in total. The zero-order valence-electron chi connectivity index (χ0n) is 20.3. The number of amides is 2. The smallest absolute Gasteiger partial charge is 0.271 e. The summed E-state index contributed by atoms with van der Waals surface area (Å²) in [4.78, 5) is 29.7. The molecule has 3 aromatic rings.